The Hall–Kier alpha value is -0.840. The monoisotopic (exact) mass is 325 g/mol. The van der Waals surface area contributed by atoms with E-state index in [1.165, 1.54) is 11.1 Å². The molecule has 0 aliphatic heterocycles. The molecule has 0 spiro atoms. The van der Waals surface area contributed by atoms with Crippen LogP contribution in [-0.2, 0) is 13.2 Å². The smallest absolute Gasteiger partial charge is 0.127 e. The van der Waals surface area contributed by atoms with E-state index < -0.39 is 0 Å². The van der Waals surface area contributed by atoms with Crippen LogP contribution in [0.15, 0.2) is 33.4 Å². The van der Waals surface area contributed by atoms with Crippen LogP contribution in [0.3, 0.4) is 0 Å². The summed E-state index contributed by atoms with van der Waals surface area (Å²) < 4.78 is 7.06. The summed E-state index contributed by atoms with van der Waals surface area (Å²) in [6, 6.07) is 6.28. The Balaban J connectivity index is 2.19. The summed E-state index contributed by atoms with van der Waals surface area (Å²) in [4.78, 5) is 0. The Morgan fingerprint density at radius 1 is 1.39 bits per heavy atom. The van der Waals surface area contributed by atoms with Gasteiger partial charge in [-0.25, -0.2) is 0 Å². The van der Waals surface area contributed by atoms with E-state index in [-0.39, 0.29) is 0 Å². The van der Waals surface area contributed by atoms with E-state index in [0.29, 0.717) is 6.61 Å². The van der Waals surface area contributed by atoms with E-state index in [0.717, 1.165) is 22.3 Å². The zero-order valence-electron chi connectivity index (χ0n) is 10.5. The summed E-state index contributed by atoms with van der Waals surface area (Å²) in [5.41, 5.74) is 3.56. The van der Waals surface area contributed by atoms with Crippen LogP contribution >= 0.6 is 27.3 Å². The molecule has 96 valence electrons. The molecule has 2 nitrogen and oxygen atoms in total. The van der Waals surface area contributed by atoms with Crippen LogP contribution in [0.1, 0.15) is 16.7 Å². The molecule has 1 N–H and O–H groups in total. The molecule has 0 saturated carbocycles. The first kappa shape index (κ1) is 13.6. The number of benzene rings is 1. The molecular weight excluding hydrogens is 310 g/mol. The zero-order chi connectivity index (χ0) is 13.0. The molecule has 0 atom stereocenters. The van der Waals surface area contributed by atoms with Crippen molar-refractivity contribution in [3.63, 3.8) is 0 Å². The predicted molar refractivity (Wildman–Crippen MR) is 80.3 cm³/mol. The Bertz CT molecular complexity index is 511. The summed E-state index contributed by atoms with van der Waals surface area (Å²) in [7, 11) is 1.94. The number of halogens is 1. The van der Waals surface area contributed by atoms with E-state index in [2.05, 4.69) is 57.1 Å². The third kappa shape index (κ3) is 3.34. The van der Waals surface area contributed by atoms with Gasteiger partial charge in [-0.15, -0.1) is 0 Å². The van der Waals surface area contributed by atoms with Crippen LogP contribution in [0.25, 0.3) is 0 Å². The zero-order valence-corrected chi connectivity index (χ0v) is 12.9. The Morgan fingerprint density at radius 3 is 2.89 bits per heavy atom. The maximum absolute atomic E-state index is 5.97. The summed E-state index contributed by atoms with van der Waals surface area (Å²) in [6.45, 7) is 3.51. The average Bonchev–Trinajstić information content (AvgIpc) is 2.81. The van der Waals surface area contributed by atoms with Crippen LogP contribution < -0.4 is 10.1 Å². The second-order valence-corrected chi connectivity index (χ2v) is 5.86. The van der Waals surface area contributed by atoms with Gasteiger partial charge in [0.1, 0.15) is 12.4 Å². The number of nitrogens with one attached hydrogen (secondary N) is 1. The minimum absolute atomic E-state index is 0.628. The highest BCUT2D eigenvalue weighted by molar-refractivity contribution is 9.10. The fraction of sp³-hybridized carbons (Fsp3) is 0.286. The summed E-state index contributed by atoms with van der Waals surface area (Å²) in [6.07, 6.45) is 0. The lowest BCUT2D eigenvalue weighted by Gasteiger charge is -2.14. The quantitative estimate of drug-likeness (QED) is 0.892. The van der Waals surface area contributed by atoms with Gasteiger partial charge in [0.05, 0.1) is 0 Å². The van der Waals surface area contributed by atoms with Gasteiger partial charge in [-0.05, 0) is 54.1 Å². The molecule has 0 bridgehead atoms. The molecule has 0 fully saturated rings. The molecule has 0 unspecified atom stereocenters. The van der Waals surface area contributed by atoms with Gasteiger partial charge in [0.15, 0.2) is 0 Å². The van der Waals surface area contributed by atoms with Crippen molar-refractivity contribution in [1.29, 1.82) is 0 Å². The molecule has 0 aliphatic rings. The van der Waals surface area contributed by atoms with Crippen LogP contribution in [0.4, 0.5) is 0 Å². The van der Waals surface area contributed by atoms with Crippen molar-refractivity contribution < 1.29 is 4.74 Å². The summed E-state index contributed by atoms with van der Waals surface area (Å²) >= 11 is 5.22. The molecule has 0 saturated heterocycles. The van der Waals surface area contributed by atoms with Gasteiger partial charge in [-0.3, -0.25) is 0 Å². The highest BCUT2D eigenvalue weighted by Gasteiger charge is 2.09. The first-order valence-corrected chi connectivity index (χ1v) is 7.52. The topological polar surface area (TPSA) is 21.3 Å². The van der Waals surface area contributed by atoms with Gasteiger partial charge in [-0.1, -0.05) is 15.9 Å². The van der Waals surface area contributed by atoms with E-state index in [9.17, 15) is 0 Å². The van der Waals surface area contributed by atoms with Gasteiger partial charge in [0.2, 0.25) is 0 Å². The number of hydrogen-bond donors (Lipinski definition) is 1. The molecule has 2 aromatic rings. The molecule has 4 heteroatoms. The minimum Gasteiger partial charge on any atom is -0.488 e. The molecule has 0 aliphatic carbocycles. The molecule has 0 radical (unpaired) electrons. The molecule has 1 heterocycles. The predicted octanol–water partition coefficient (Wildman–Crippen LogP) is 4.12. The lowest BCUT2D eigenvalue weighted by molar-refractivity contribution is 0.300. The first-order valence-electron chi connectivity index (χ1n) is 5.78. The van der Waals surface area contributed by atoms with Crippen molar-refractivity contribution in [2.24, 2.45) is 0 Å². The maximum atomic E-state index is 5.97. The highest BCUT2D eigenvalue weighted by Crippen LogP contribution is 2.29. The van der Waals surface area contributed by atoms with Gasteiger partial charge in [0.25, 0.3) is 0 Å². The normalized spacial score (nSPS) is 10.6. The second-order valence-electron chi connectivity index (χ2n) is 4.16. The largest absolute Gasteiger partial charge is 0.488 e. The van der Waals surface area contributed by atoms with Crippen molar-refractivity contribution in [3.8, 4) is 5.75 Å². The van der Waals surface area contributed by atoms with Crippen molar-refractivity contribution in [1.82, 2.24) is 5.32 Å². The van der Waals surface area contributed by atoms with Crippen LogP contribution in [0.2, 0.25) is 0 Å². The van der Waals surface area contributed by atoms with Gasteiger partial charge in [-0.2, -0.15) is 11.3 Å². The summed E-state index contributed by atoms with van der Waals surface area (Å²) in [5.74, 6) is 0.985. The number of hydrogen-bond acceptors (Lipinski definition) is 3. The molecule has 2 rings (SSSR count). The third-order valence-electron chi connectivity index (χ3n) is 2.65. The number of rotatable bonds is 5. The van der Waals surface area contributed by atoms with Crippen molar-refractivity contribution >= 4 is 27.3 Å². The molecule has 0 amide bonds. The standard InChI is InChI=1S/C14H16BrNOS/c1-10-5-13(15)6-12(7-16-2)14(10)17-8-11-3-4-18-9-11/h3-6,9,16H,7-8H2,1-2H3. The fourth-order valence-corrected chi connectivity index (χ4v) is 3.13. The van der Waals surface area contributed by atoms with Crippen LogP contribution in [0, 0.1) is 6.92 Å². The first-order chi connectivity index (χ1) is 8.70. The lowest BCUT2D eigenvalue weighted by atomic mass is 10.1. The van der Waals surface area contributed by atoms with Crippen LogP contribution in [-0.4, -0.2) is 7.05 Å². The van der Waals surface area contributed by atoms with E-state index in [4.69, 9.17) is 4.74 Å². The van der Waals surface area contributed by atoms with Gasteiger partial charge in [0, 0.05) is 16.6 Å². The molecule has 1 aromatic carbocycles. The van der Waals surface area contributed by atoms with Crippen molar-refractivity contribution in [3.05, 3.63) is 50.1 Å². The van der Waals surface area contributed by atoms with E-state index in [1.54, 1.807) is 11.3 Å². The Morgan fingerprint density at radius 2 is 2.22 bits per heavy atom. The second kappa shape index (κ2) is 6.36. The third-order valence-corrected chi connectivity index (χ3v) is 3.84. The molecule has 1 aromatic heterocycles. The van der Waals surface area contributed by atoms with Gasteiger partial charge < -0.3 is 10.1 Å². The van der Waals surface area contributed by atoms with E-state index >= 15 is 0 Å². The van der Waals surface area contributed by atoms with Crippen molar-refractivity contribution in [2.75, 3.05) is 7.05 Å². The maximum Gasteiger partial charge on any atom is 0.127 e. The van der Waals surface area contributed by atoms with Gasteiger partial charge >= 0.3 is 0 Å². The molecular formula is C14H16BrNOS. The SMILES string of the molecule is CNCc1cc(Br)cc(C)c1OCc1ccsc1. The number of ether oxygens (including phenoxy) is 1. The fourth-order valence-electron chi connectivity index (χ4n) is 1.86. The number of aryl methyl sites for hydroxylation is 1. The van der Waals surface area contributed by atoms with Crippen molar-refractivity contribution in [2.45, 2.75) is 20.1 Å². The lowest BCUT2D eigenvalue weighted by Crippen LogP contribution is -2.08. The van der Waals surface area contributed by atoms with Crippen LogP contribution in [0.5, 0.6) is 5.75 Å². The molecule has 18 heavy (non-hydrogen) atoms. The average molecular weight is 326 g/mol. The highest BCUT2D eigenvalue weighted by atomic mass is 79.9. The van der Waals surface area contributed by atoms with E-state index in [1.807, 2.05) is 7.05 Å². The number of thiophene rings is 1. The Kier molecular flexibility index (Phi) is 4.80. The minimum atomic E-state index is 0.628. The summed E-state index contributed by atoms with van der Waals surface area (Å²) in [5, 5.41) is 7.36. The Labute approximate surface area is 120 Å².